The van der Waals surface area contributed by atoms with Crippen molar-refractivity contribution in [2.45, 2.75) is 6.92 Å². The van der Waals surface area contributed by atoms with Gasteiger partial charge in [-0.3, -0.25) is 0 Å². The van der Waals surface area contributed by atoms with Crippen molar-refractivity contribution in [3.63, 3.8) is 0 Å². The summed E-state index contributed by atoms with van der Waals surface area (Å²) < 4.78 is 5.04. The maximum absolute atomic E-state index is 8.84. The Balaban J connectivity index is 2.58. The summed E-state index contributed by atoms with van der Waals surface area (Å²) in [6.07, 6.45) is 2.03. The van der Waals surface area contributed by atoms with E-state index in [1.165, 1.54) is 0 Å². The lowest BCUT2D eigenvalue weighted by Crippen LogP contribution is -2.01. The third kappa shape index (κ3) is 3.07. The number of aliphatic hydroxyl groups is 1. The first-order valence-electron chi connectivity index (χ1n) is 4.36. The molecule has 0 saturated heterocycles. The molecule has 2 heteroatoms. The maximum Gasteiger partial charge on any atom is 0.118 e. The molecule has 1 atom stereocenters. The van der Waals surface area contributed by atoms with Gasteiger partial charge in [0.2, 0.25) is 0 Å². The summed E-state index contributed by atoms with van der Waals surface area (Å²) in [5, 5.41) is 8.84. The van der Waals surface area contributed by atoms with E-state index in [0.717, 1.165) is 11.3 Å². The van der Waals surface area contributed by atoms with Crippen LogP contribution in [-0.4, -0.2) is 18.8 Å². The van der Waals surface area contributed by atoms with Crippen molar-refractivity contribution in [2.75, 3.05) is 13.7 Å². The molecule has 0 spiro atoms. The second kappa shape index (κ2) is 4.87. The van der Waals surface area contributed by atoms with Crippen molar-refractivity contribution in [3.05, 3.63) is 36.2 Å². The van der Waals surface area contributed by atoms with Gasteiger partial charge in [0.25, 0.3) is 0 Å². The van der Waals surface area contributed by atoms with Gasteiger partial charge < -0.3 is 9.84 Å². The Labute approximate surface area is 79.2 Å². The van der Waals surface area contributed by atoms with E-state index in [1.54, 1.807) is 7.11 Å². The lowest BCUT2D eigenvalue weighted by Gasteiger charge is -2.07. The monoisotopic (exact) mass is 179 g/mol. The molecule has 1 radical (unpaired) electrons. The van der Waals surface area contributed by atoms with Gasteiger partial charge in [0.15, 0.2) is 0 Å². The van der Waals surface area contributed by atoms with E-state index >= 15 is 0 Å². The van der Waals surface area contributed by atoms with Gasteiger partial charge in [0, 0.05) is 6.61 Å². The molecule has 1 N–H and O–H groups in total. The van der Waals surface area contributed by atoms with E-state index in [2.05, 4.69) is 0 Å². The van der Waals surface area contributed by atoms with E-state index in [4.69, 9.17) is 9.84 Å². The Morgan fingerprint density at radius 1 is 1.38 bits per heavy atom. The number of hydrogen-bond donors (Lipinski definition) is 1. The zero-order valence-corrected chi connectivity index (χ0v) is 8.03. The van der Waals surface area contributed by atoms with Crippen molar-refractivity contribution < 1.29 is 9.84 Å². The second-order valence-electron chi connectivity index (χ2n) is 3.10. The van der Waals surface area contributed by atoms with Gasteiger partial charge >= 0.3 is 0 Å². The minimum Gasteiger partial charge on any atom is -0.497 e. The molecule has 0 heterocycles. The minimum atomic E-state index is 0.187. The summed E-state index contributed by atoms with van der Waals surface area (Å²) in [6, 6.07) is 7.78. The normalized spacial score (nSPS) is 12.5. The predicted octanol–water partition coefficient (Wildman–Crippen LogP) is 1.88. The largest absolute Gasteiger partial charge is 0.497 e. The smallest absolute Gasteiger partial charge is 0.118 e. The molecular weight excluding hydrogens is 164 g/mol. The molecule has 0 aliphatic heterocycles. The number of aliphatic hydroxyl groups excluding tert-OH is 1. The molecule has 0 aliphatic rings. The Kier molecular flexibility index (Phi) is 3.77. The summed E-state index contributed by atoms with van der Waals surface area (Å²) >= 11 is 0. The van der Waals surface area contributed by atoms with E-state index < -0.39 is 0 Å². The molecule has 0 bridgehead atoms. The number of hydrogen-bond acceptors (Lipinski definition) is 2. The van der Waals surface area contributed by atoms with Crippen LogP contribution in [0.25, 0.3) is 0 Å². The van der Waals surface area contributed by atoms with Crippen LogP contribution in [-0.2, 0) is 0 Å². The molecule has 1 aromatic rings. The van der Waals surface area contributed by atoms with Gasteiger partial charge in [0.05, 0.1) is 7.11 Å². The van der Waals surface area contributed by atoms with Gasteiger partial charge in [-0.1, -0.05) is 19.1 Å². The molecule has 71 valence electrons. The molecule has 0 aliphatic carbocycles. The average Bonchev–Trinajstić information content (AvgIpc) is 2.19. The number of rotatable bonds is 4. The topological polar surface area (TPSA) is 29.5 Å². The summed E-state index contributed by atoms with van der Waals surface area (Å²) in [7, 11) is 1.65. The molecule has 0 aromatic heterocycles. The first-order valence-corrected chi connectivity index (χ1v) is 4.36. The van der Waals surface area contributed by atoms with E-state index in [-0.39, 0.29) is 12.5 Å². The highest BCUT2D eigenvalue weighted by Gasteiger charge is 2.02. The van der Waals surface area contributed by atoms with Gasteiger partial charge in [0.1, 0.15) is 5.75 Å². The molecule has 1 aromatic carbocycles. The SMILES string of the molecule is COc1ccc([CH]C(C)CO)cc1. The molecular formula is C11H15O2. The standard InChI is InChI=1S/C11H15O2/c1-9(8-12)7-10-3-5-11(13-2)6-4-10/h3-7,9,12H,8H2,1-2H3. The highest BCUT2D eigenvalue weighted by molar-refractivity contribution is 5.31. The van der Waals surface area contributed by atoms with Crippen LogP contribution >= 0.6 is 0 Å². The van der Waals surface area contributed by atoms with Crippen LogP contribution < -0.4 is 4.74 Å². The third-order valence-electron chi connectivity index (χ3n) is 1.88. The molecule has 0 fully saturated rings. The summed E-state index contributed by atoms with van der Waals surface area (Å²) in [4.78, 5) is 0. The molecule has 1 rings (SSSR count). The quantitative estimate of drug-likeness (QED) is 0.764. The lowest BCUT2D eigenvalue weighted by atomic mass is 10.0. The van der Waals surface area contributed by atoms with Gasteiger partial charge in [-0.15, -0.1) is 0 Å². The number of benzene rings is 1. The zero-order valence-electron chi connectivity index (χ0n) is 8.03. The molecule has 2 nitrogen and oxygen atoms in total. The fourth-order valence-corrected chi connectivity index (χ4v) is 1.10. The van der Waals surface area contributed by atoms with Gasteiger partial charge in [-0.2, -0.15) is 0 Å². The fraction of sp³-hybridized carbons (Fsp3) is 0.364. The molecule has 1 unspecified atom stereocenters. The lowest BCUT2D eigenvalue weighted by molar-refractivity contribution is 0.256. The highest BCUT2D eigenvalue weighted by Crippen LogP contribution is 2.15. The van der Waals surface area contributed by atoms with Gasteiger partial charge in [-0.05, 0) is 30.0 Å². The Hall–Kier alpha value is -1.02. The first kappa shape index (κ1) is 10.1. The Morgan fingerprint density at radius 3 is 2.46 bits per heavy atom. The summed E-state index contributed by atoms with van der Waals surface area (Å²) in [6.45, 7) is 2.16. The average molecular weight is 179 g/mol. The summed E-state index contributed by atoms with van der Waals surface area (Å²) in [5.41, 5.74) is 1.11. The zero-order chi connectivity index (χ0) is 9.68. The van der Waals surface area contributed by atoms with E-state index in [1.807, 2.05) is 37.6 Å². The van der Waals surface area contributed by atoms with Gasteiger partial charge in [-0.25, -0.2) is 0 Å². The van der Waals surface area contributed by atoms with Crippen molar-refractivity contribution in [3.8, 4) is 5.75 Å². The van der Waals surface area contributed by atoms with Crippen LogP contribution in [0.2, 0.25) is 0 Å². The molecule has 0 saturated carbocycles. The number of methoxy groups -OCH3 is 1. The minimum absolute atomic E-state index is 0.187. The molecule has 13 heavy (non-hydrogen) atoms. The second-order valence-corrected chi connectivity index (χ2v) is 3.10. The van der Waals surface area contributed by atoms with E-state index in [0.29, 0.717) is 0 Å². The van der Waals surface area contributed by atoms with Crippen LogP contribution in [0.15, 0.2) is 24.3 Å². The third-order valence-corrected chi connectivity index (χ3v) is 1.88. The van der Waals surface area contributed by atoms with Crippen LogP contribution in [0.5, 0.6) is 5.75 Å². The number of ether oxygens (including phenoxy) is 1. The predicted molar refractivity (Wildman–Crippen MR) is 52.6 cm³/mol. The Bertz CT molecular complexity index is 241. The van der Waals surface area contributed by atoms with Crippen LogP contribution in [0.1, 0.15) is 12.5 Å². The van der Waals surface area contributed by atoms with Crippen LogP contribution in [0.3, 0.4) is 0 Å². The highest BCUT2D eigenvalue weighted by atomic mass is 16.5. The van der Waals surface area contributed by atoms with Crippen molar-refractivity contribution in [1.29, 1.82) is 0 Å². The van der Waals surface area contributed by atoms with Crippen molar-refractivity contribution in [1.82, 2.24) is 0 Å². The van der Waals surface area contributed by atoms with Crippen LogP contribution in [0, 0.1) is 12.3 Å². The first-order chi connectivity index (χ1) is 6.26. The fourth-order valence-electron chi connectivity index (χ4n) is 1.10. The summed E-state index contributed by atoms with van der Waals surface area (Å²) in [5.74, 6) is 1.06. The molecule has 0 amide bonds. The van der Waals surface area contributed by atoms with Crippen molar-refractivity contribution in [2.24, 2.45) is 5.92 Å². The Morgan fingerprint density at radius 2 is 2.00 bits per heavy atom. The van der Waals surface area contributed by atoms with E-state index in [9.17, 15) is 0 Å². The maximum atomic E-state index is 8.84. The van der Waals surface area contributed by atoms with Crippen molar-refractivity contribution >= 4 is 0 Å². The van der Waals surface area contributed by atoms with Crippen LogP contribution in [0.4, 0.5) is 0 Å².